The molecule has 0 atom stereocenters. The third kappa shape index (κ3) is 3.67. The summed E-state index contributed by atoms with van der Waals surface area (Å²) in [4.78, 5) is 28.8. The Hall–Kier alpha value is -3.41. The molecule has 1 saturated heterocycles. The highest BCUT2D eigenvalue weighted by Gasteiger charge is 2.26. The van der Waals surface area contributed by atoms with Crippen LogP contribution in [0.15, 0.2) is 60.7 Å². The van der Waals surface area contributed by atoms with Crippen LogP contribution in [0.4, 0.5) is 0 Å². The second kappa shape index (κ2) is 7.68. The van der Waals surface area contributed by atoms with Gasteiger partial charge in [0.25, 0.3) is 11.8 Å². The van der Waals surface area contributed by atoms with Crippen molar-refractivity contribution in [3.63, 3.8) is 0 Å². The first kappa shape index (κ1) is 18.0. The van der Waals surface area contributed by atoms with Crippen molar-refractivity contribution in [2.24, 2.45) is 0 Å². The predicted molar refractivity (Wildman–Crippen MR) is 107 cm³/mol. The van der Waals surface area contributed by atoms with E-state index in [2.05, 4.69) is 10.2 Å². The van der Waals surface area contributed by atoms with Crippen LogP contribution in [0, 0.1) is 6.92 Å². The van der Waals surface area contributed by atoms with Crippen LogP contribution in [-0.2, 0) is 0 Å². The molecule has 1 aliphatic heterocycles. The lowest BCUT2D eigenvalue weighted by Gasteiger charge is -2.34. The fourth-order valence-electron chi connectivity index (χ4n) is 3.42. The van der Waals surface area contributed by atoms with Crippen molar-refractivity contribution in [3.8, 4) is 11.1 Å². The predicted octanol–water partition coefficient (Wildman–Crippen LogP) is 2.98. The number of amides is 2. The zero-order valence-electron chi connectivity index (χ0n) is 15.8. The van der Waals surface area contributed by atoms with E-state index in [0.29, 0.717) is 37.4 Å². The molecule has 0 saturated carbocycles. The van der Waals surface area contributed by atoms with Gasteiger partial charge in [-0.05, 0) is 36.2 Å². The smallest absolute Gasteiger partial charge is 0.274 e. The van der Waals surface area contributed by atoms with Gasteiger partial charge >= 0.3 is 0 Å². The molecule has 1 aliphatic rings. The molecule has 1 N–H and O–H groups in total. The molecule has 0 unspecified atom stereocenters. The van der Waals surface area contributed by atoms with Crippen LogP contribution in [0.1, 0.15) is 26.5 Å². The van der Waals surface area contributed by atoms with Gasteiger partial charge in [0.1, 0.15) is 5.69 Å². The van der Waals surface area contributed by atoms with E-state index < -0.39 is 0 Å². The van der Waals surface area contributed by atoms with Crippen LogP contribution < -0.4 is 0 Å². The lowest BCUT2D eigenvalue weighted by molar-refractivity contribution is 0.0532. The maximum absolute atomic E-state index is 12.8. The Morgan fingerprint density at radius 3 is 1.96 bits per heavy atom. The third-order valence-electron chi connectivity index (χ3n) is 5.02. The molecular formula is C22H22N4O2. The van der Waals surface area contributed by atoms with Crippen molar-refractivity contribution >= 4 is 11.8 Å². The summed E-state index contributed by atoms with van der Waals surface area (Å²) in [6.45, 7) is 3.93. The van der Waals surface area contributed by atoms with Gasteiger partial charge < -0.3 is 9.80 Å². The molecule has 28 heavy (non-hydrogen) atoms. The summed E-state index contributed by atoms with van der Waals surface area (Å²) in [7, 11) is 0. The van der Waals surface area contributed by atoms with Crippen LogP contribution in [0.25, 0.3) is 11.1 Å². The summed E-state index contributed by atoms with van der Waals surface area (Å²) in [5.74, 6) is -0.0917. The summed E-state index contributed by atoms with van der Waals surface area (Å²) in [6.07, 6.45) is 0. The number of benzene rings is 2. The molecule has 0 spiro atoms. The third-order valence-corrected chi connectivity index (χ3v) is 5.02. The Balaban J connectivity index is 1.38. The zero-order valence-corrected chi connectivity index (χ0v) is 15.8. The number of rotatable bonds is 3. The van der Waals surface area contributed by atoms with E-state index in [0.717, 1.165) is 16.8 Å². The molecule has 0 bridgehead atoms. The molecule has 1 aromatic heterocycles. The number of aromatic amines is 1. The van der Waals surface area contributed by atoms with Gasteiger partial charge in [-0.1, -0.05) is 42.5 Å². The second-order valence-corrected chi connectivity index (χ2v) is 6.96. The maximum Gasteiger partial charge on any atom is 0.274 e. The average molecular weight is 374 g/mol. The normalized spacial score (nSPS) is 14.2. The standard InChI is InChI=1S/C22H22N4O2/c1-16-15-20(24-23-16)22(28)26-13-11-25(12-14-26)21(27)19-9-7-18(8-10-19)17-5-3-2-4-6-17/h2-10,15H,11-14H2,1H3,(H,23,24). The fourth-order valence-corrected chi connectivity index (χ4v) is 3.42. The van der Waals surface area contributed by atoms with Gasteiger partial charge in [-0.2, -0.15) is 5.10 Å². The SMILES string of the molecule is Cc1cc(C(=O)N2CCN(C(=O)c3ccc(-c4ccccc4)cc3)CC2)n[nH]1. The highest BCUT2D eigenvalue weighted by atomic mass is 16.2. The van der Waals surface area contributed by atoms with Crippen LogP contribution in [0.3, 0.4) is 0 Å². The van der Waals surface area contributed by atoms with E-state index in [1.165, 1.54) is 0 Å². The minimum absolute atomic E-state index is 0.00215. The number of H-pyrrole nitrogens is 1. The van der Waals surface area contributed by atoms with Crippen molar-refractivity contribution in [2.45, 2.75) is 6.92 Å². The maximum atomic E-state index is 12.8. The first-order valence-corrected chi connectivity index (χ1v) is 9.38. The second-order valence-electron chi connectivity index (χ2n) is 6.96. The molecule has 1 fully saturated rings. The van der Waals surface area contributed by atoms with Gasteiger partial charge in [-0.15, -0.1) is 0 Å². The van der Waals surface area contributed by atoms with E-state index in [9.17, 15) is 9.59 Å². The number of carbonyl (C=O) groups excluding carboxylic acids is 2. The summed E-state index contributed by atoms with van der Waals surface area (Å²) >= 11 is 0. The van der Waals surface area contributed by atoms with Crippen molar-refractivity contribution in [3.05, 3.63) is 77.6 Å². The Bertz CT molecular complexity index is 971. The number of aromatic nitrogens is 2. The minimum atomic E-state index is -0.0938. The topological polar surface area (TPSA) is 69.3 Å². The largest absolute Gasteiger partial charge is 0.335 e. The quantitative estimate of drug-likeness (QED) is 0.766. The molecule has 0 radical (unpaired) electrons. The number of hydrogen-bond acceptors (Lipinski definition) is 3. The molecule has 6 nitrogen and oxygen atoms in total. The van der Waals surface area contributed by atoms with Gasteiger partial charge in [0.15, 0.2) is 0 Å². The Labute approximate surface area is 163 Å². The van der Waals surface area contributed by atoms with E-state index >= 15 is 0 Å². The van der Waals surface area contributed by atoms with E-state index in [-0.39, 0.29) is 11.8 Å². The molecule has 2 amide bonds. The molecule has 2 heterocycles. The Morgan fingerprint density at radius 2 is 1.39 bits per heavy atom. The van der Waals surface area contributed by atoms with Crippen molar-refractivity contribution < 1.29 is 9.59 Å². The summed E-state index contributed by atoms with van der Waals surface area (Å²) in [5.41, 5.74) is 4.16. The van der Waals surface area contributed by atoms with Gasteiger partial charge in [0.05, 0.1) is 0 Å². The van der Waals surface area contributed by atoms with Crippen LogP contribution in [-0.4, -0.2) is 58.0 Å². The first-order valence-electron chi connectivity index (χ1n) is 9.38. The van der Waals surface area contributed by atoms with E-state index in [1.807, 2.05) is 61.5 Å². The molecule has 4 rings (SSSR count). The molecular weight excluding hydrogens is 352 g/mol. The van der Waals surface area contributed by atoms with Gasteiger partial charge in [-0.3, -0.25) is 14.7 Å². The number of nitrogens with zero attached hydrogens (tertiary/aromatic N) is 3. The molecule has 0 aliphatic carbocycles. The van der Waals surface area contributed by atoms with Crippen LogP contribution >= 0.6 is 0 Å². The highest BCUT2D eigenvalue weighted by Crippen LogP contribution is 2.20. The van der Waals surface area contributed by atoms with Gasteiger partial charge in [0, 0.05) is 37.4 Å². The Kier molecular flexibility index (Phi) is 4.93. The Morgan fingerprint density at radius 1 is 0.821 bits per heavy atom. The molecule has 142 valence electrons. The zero-order chi connectivity index (χ0) is 19.5. The number of aryl methyl sites for hydroxylation is 1. The van der Waals surface area contributed by atoms with Crippen LogP contribution in [0.5, 0.6) is 0 Å². The van der Waals surface area contributed by atoms with Gasteiger partial charge in [0.2, 0.25) is 0 Å². The summed E-state index contributed by atoms with van der Waals surface area (Å²) in [6, 6.07) is 19.5. The number of nitrogens with one attached hydrogen (secondary N) is 1. The minimum Gasteiger partial charge on any atom is -0.335 e. The molecule has 3 aromatic rings. The van der Waals surface area contributed by atoms with E-state index in [4.69, 9.17) is 0 Å². The monoisotopic (exact) mass is 374 g/mol. The number of hydrogen-bond donors (Lipinski definition) is 1. The lowest BCUT2D eigenvalue weighted by atomic mass is 10.0. The van der Waals surface area contributed by atoms with Gasteiger partial charge in [-0.25, -0.2) is 0 Å². The number of carbonyl (C=O) groups is 2. The molecule has 6 heteroatoms. The lowest BCUT2D eigenvalue weighted by Crippen LogP contribution is -2.50. The number of piperazine rings is 1. The molecule has 2 aromatic carbocycles. The average Bonchev–Trinajstić information content (AvgIpc) is 3.20. The van der Waals surface area contributed by atoms with Crippen molar-refractivity contribution in [1.82, 2.24) is 20.0 Å². The first-order chi connectivity index (χ1) is 13.6. The van der Waals surface area contributed by atoms with Crippen molar-refractivity contribution in [1.29, 1.82) is 0 Å². The van der Waals surface area contributed by atoms with E-state index in [1.54, 1.807) is 15.9 Å². The summed E-state index contributed by atoms with van der Waals surface area (Å²) < 4.78 is 0. The highest BCUT2D eigenvalue weighted by molar-refractivity contribution is 5.95. The fraction of sp³-hybridized carbons (Fsp3) is 0.227. The summed E-state index contributed by atoms with van der Waals surface area (Å²) in [5, 5.41) is 6.82. The van der Waals surface area contributed by atoms with Crippen molar-refractivity contribution in [2.75, 3.05) is 26.2 Å². The van der Waals surface area contributed by atoms with Crippen LogP contribution in [0.2, 0.25) is 0 Å².